The molecule has 1 amide bonds. The Morgan fingerprint density at radius 3 is 2.60 bits per heavy atom. The molecule has 6 heteroatoms. The highest BCUT2D eigenvalue weighted by atomic mass is 32.2. The molecule has 0 saturated heterocycles. The number of thioether (sulfide) groups is 1. The maximum absolute atomic E-state index is 12.2. The van der Waals surface area contributed by atoms with E-state index in [-0.39, 0.29) is 11.7 Å². The van der Waals surface area contributed by atoms with Gasteiger partial charge in [-0.3, -0.25) is 14.9 Å². The first-order valence-corrected chi connectivity index (χ1v) is 7.99. The fraction of sp³-hybridized carbons (Fsp3) is 0.214. The molecule has 0 radical (unpaired) electrons. The van der Waals surface area contributed by atoms with Gasteiger partial charge in [0.25, 0.3) is 5.91 Å². The lowest BCUT2D eigenvalue weighted by Crippen LogP contribution is -2.12. The largest absolute Gasteiger partial charge is 0.298 e. The highest BCUT2D eigenvalue weighted by Crippen LogP contribution is 2.25. The number of nitrogens with zero attached hydrogens (tertiary/aromatic N) is 1. The van der Waals surface area contributed by atoms with Crippen molar-refractivity contribution in [2.75, 3.05) is 11.6 Å². The Bertz CT molecular complexity index is 665. The third-order valence-corrected chi connectivity index (χ3v) is 4.66. The second-order valence-corrected chi connectivity index (χ2v) is 5.99. The third kappa shape index (κ3) is 3.08. The average molecular weight is 306 g/mol. The number of anilines is 1. The van der Waals surface area contributed by atoms with Gasteiger partial charge in [0.15, 0.2) is 10.9 Å². The van der Waals surface area contributed by atoms with Gasteiger partial charge < -0.3 is 0 Å². The zero-order valence-corrected chi connectivity index (χ0v) is 13.0. The van der Waals surface area contributed by atoms with E-state index in [1.165, 1.54) is 30.0 Å². The molecule has 104 valence electrons. The maximum Gasteiger partial charge on any atom is 0.258 e. The number of ketones is 1. The quantitative estimate of drug-likeness (QED) is 0.692. The SMILES string of the molecule is CSc1ccccc1C(=O)Nc1nc(C)c(C(C)=O)s1. The Hall–Kier alpha value is -1.66. The Labute approximate surface area is 125 Å². The molecule has 0 bridgehead atoms. The number of aromatic nitrogens is 1. The van der Waals surface area contributed by atoms with Gasteiger partial charge in [0.2, 0.25) is 0 Å². The van der Waals surface area contributed by atoms with Crippen LogP contribution in [0.3, 0.4) is 0 Å². The van der Waals surface area contributed by atoms with Gasteiger partial charge in [-0.15, -0.1) is 11.8 Å². The third-order valence-electron chi connectivity index (χ3n) is 2.69. The van der Waals surface area contributed by atoms with Gasteiger partial charge >= 0.3 is 0 Å². The number of carbonyl (C=O) groups is 2. The maximum atomic E-state index is 12.2. The Morgan fingerprint density at radius 1 is 1.30 bits per heavy atom. The van der Waals surface area contributed by atoms with Crippen molar-refractivity contribution in [3.8, 4) is 0 Å². The molecule has 0 atom stereocenters. The van der Waals surface area contributed by atoms with E-state index in [0.29, 0.717) is 21.3 Å². The van der Waals surface area contributed by atoms with Crippen LogP contribution < -0.4 is 5.32 Å². The number of aryl methyl sites for hydroxylation is 1. The second kappa shape index (κ2) is 6.19. The summed E-state index contributed by atoms with van der Waals surface area (Å²) >= 11 is 2.72. The zero-order valence-electron chi connectivity index (χ0n) is 11.4. The van der Waals surface area contributed by atoms with E-state index in [1.54, 1.807) is 13.0 Å². The number of carbonyl (C=O) groups excluding carboxylic acids is 2. The molecule has 1 aromatic heterocycles. The topological polar surface area (TPSA) is 59.1 Å². The van der Waals surface area contributed by atoms with Crippen molar-refractivity contribution in [3.05, 3.63) is 40.4 Å². The predicted molar refractivity (Wildman–Crippen MR) is 83.0 cm³/mol. The normalized spacial score (nSPS) is 10.3. The van der Waals surface area contributed by atoms with Gasteiger partial charge in [0.05, 0.1) is 16.1 Å². The van der Waals surface area contributed by atoms with Crippen molar-refractivity contribution in [2.45, 2.75) is 18.7 Å². The standard InChI is InChI=1S/C14H14N2O2S2/c1-8-12(9(2)17)20-14(15-8)16-13(18)10-6-4-5-7-11(10)19-3/h4-7H,1-3H3,(H,15,16,18). The van der Waals surface area contributed by atoms with Crippen molar-refractivity contribution in [3.63, 3.8) is 0 Å². The van der Waals surface area contributed by atoms with Crippen LogP contribution in [0.1, 0.15) is 32.6 Å². The number of benzene rings is 1. The molecule has 0 spiro atoms. The molecule has 0 saturated carbocycles. The van der Waals surface area contributed by atoms with E-state index < -0.39 is 0 Å². The molecule has 2 rings (SSSR count). The van der Waals surface area contributed by atoms with E-state index in [0.717, 1.165) is 4.90 Å². The van der Waals surface area contributed by atoms with Crippen LogP contribution in [0.2, 0.25) is 0 Å². The summed E-state index contributed by atoms with van der Waals surface area (Å²) in [5.41, 5.74) is 1.26. The number of rotatable bonds is 4. The minimum atomic E-state index is -0.209. The summed E-state index contributed by atoms with van der Waals surface area (Å²) in [5.74, 6) is -0.246. The van der Waals surface area contributed by atoms with Gasteiger partial charge in [-0.2, -0.15) is 0 Å². The van der Waals surface area contributed by atoms with E-state index in [2.05, 4.69) is 10.3 Å². The summed E-state index contributed by atoms with van der Waals surface area (Å²) in [6.45, 7) is 3.26. The van der Waals surface area contributed by atoms with Gasteiger partial charge in [-0.1, -0.05) is 23.5 Å². The summed E-state index contributed by atoms with van der Waals surface area (Å²) < 4.78 is 0. The first-order valence-electron chi connectivity index (χ1n) is 5.95. The van der Waals surface area contributed by atoms with E-state index in [9.17, 15) is 9.59 Å². The molecular weight excluding hydrogens is 292 g/mol. The lowest BCUT2D eigenvalue weighted by atomic mass is 10.2. The molecule has 0 aliphatic rings. The Kier molecular flexibility index (Phi) is 4.57. The summed E-state index contributed by atoms with van der Waals surface area (Å²) in [7, 11) is 0. The molecule has 1 heterocycles. The summed E-state index contributed by atoms with van der Waals surface area (Å²) in [4.78, 5) is 29.3. The summed E-state index contributed by atoms with van der Waals surface area (Å²) in [6.07, 6.45) is 1.92. The molecule has 2 aromatic rings. The number of thiazole rings is 1. The molecule has 1 aromatic carbocycles. The van der Waals surface area contributed by atoms with Crippen molar-refractivity contribution < 1.29 is 9.59 Å². The van der Waals surface area contributed by atoms with Gasteiger partial charge in [-0.05, 0) is 25.3 Å². The minimum absolute atomic E-state index is 0.0370. The fourth-order valence-corrected chi connectivity index (χ4v) is 3.23. The molecule has 0 aliphatic heterocycles. The number of hydrogen-bond acceptors (Lipinski definition) is 5. The van der Waals surface area contributed by atoms with Crippen molar-refractivity contribution in [1.29, 1.82) is 0 Å². The van der Waals surface area contributed by atoms with Crippen LogP contribution in [0.5, 0.6) is 0 Å². The number of hydrogen-bond donors (Lipinski definition) is 1. The lowest BCUT2D eigenvalue weighted by molar-refractivity contribution is 0.101. The van der Waals surface area contributed by atoms with E-state index >= 15 is 0 Å². The first-order chi connectivity index (χ1) is 9.52. The predicted octanol–water partition coefficient (Wildman–Crippen LogP) is 3.63. The number of nitrogens with one attached hydrogen (secondary N) is 1. The van der Waals surface area contributed by atoms with Crippen LogP contribution in [0, 0.1) is 6.92 Å². The molecule has 0 unspecified atom stereocenters. The van der Waals surface area contributed by atoms with Crippen molar-refractivity contribution >= 4 is 39.9 Å². The number of amides is 1. The molecular formula is C14H14N2O2S2. The van der Waals surface area contributed by atoms with Crippen LogP contribution >= 0.6 is 23.1 Å². The number of Topliss-reactive ketones (excluding diaryl/α,β-unsaturated/α-hetero) is 1. The highest BCUT2D eigenvalue weighted by Gasteiger charge is 2.15. The average Bonchev–Trinajstić information content (AvgIpc) is 2.79. The van der Waals surface area contributed by atoms with Gasteiger partial charge in [-0.25, -0.2) is 4.98 Å². The van der Waals surface area contributed by atoms with E-state index in [4.69, 9.17) is 0 Å². The van der Waals surface area contributed by atoms with Crippen LogP contribution in [-0.4, -0.2) is 22.9 Å². The molecule has 4 nitrogen and oxygen atoms in total. The molecule has 1 N–H and O–H groups in total. The molecule has 0 fully saturated rings. The van der Waals surface area contributed by atoms with Crippen LogP contribution in [0.4, 0.5) is 5.13 Å². The first kappa shape index (κ1) is 14.7. The lowest BCUT2D eigenvalue weighted by Gasteiger charge is -2.05. The summed E-state index contributed by atoms with van der Waals surface area (Å²) in [6, 6.07) is 7.38. The van der Waals surface area contributed by atoms with E-state index in [1.807, 2.05) is 24.5 Å². The van der Waals surface area contributed by atoms with Crippen LogP contribution in [0.15, 0.2) is 29.2 Å². The zero-order chi connectivity index (χ0) is 14.7. The van der Waals surface area contributed by atoms with Crippen LogP contribution in [0.25, 0.3) is 0 Å². The monoisotopic (exact) mass is 306 g/mol. The minimum Gasteiger partial charge on any atom is -0.298 e. The second-order valence-electron chi connectivity index (χ2n) is 4.14. The summed E-state index contributed by atoms with van der Waals surface area (Å²) in [5, 5.41) is 3.20. The highest BCUT2D eigenvalue weighted by molar-refractivity contribution is 7.98. The Balaban J connectivity index is 2.24. The Morgan fingerprint density at radius 2 is 2.00 bits per heavy atom. The van der Waals surface area contributed by atoms with Gasteiger partial charge in [0, 0.05) is 11.8 Å². The van der Waals surface area contributed by atoms with Crippen molar-refractivity contribution in [1.82, 2.24) is 4.98 Å². The fourth-order valence-electron chi connectivity index (χ4n) is 1.77. The van der Waals surface area contributed by atoms with Gasteiger partial charge in [0.1, 0.15) is 0 Å². The van der Waals surface area contributed by atoms with Crippen LogP contribution in [-0.2, 0) is 0 Å². The van der Waals surface area contributed by atoms with Crippen molar-refractivity contribution in [2.24, 2.45) is 0 Å². The molecule has 0 aliphatic carbocycles. The smallest absolute Gasteiger partial charge is 0.258 e. The molecule has 20 heavy (non-hydrogen) atoms.